The Labute approximate surface area is 157 Å². The van der Waals surface area contributed by atoms with Crippen LogP contribution >= 0.6 is 11.6 Å². The van der Waals surface area contributed by atoms with Crippen molar-refractivity contribution >= 4 is 23.4 Å². The van der Waals surface area contributed by atoms with E-state index in [1.54, 1.807) is 0 Å². The number of ether oxygens (including phenoxy) is 1. The number of nitrogens with one attached hydrogen (secondary N) is 1. The Morgan fingerprint density at radius 3 is 2.73 bits per heavy atom. The summed E-state index contributed by atoms with van der Waals surface area (Å²) in [5, 5.41) is 3.17. The van der Waals surface area contributed by atoms with Gasteiger partial charge in [0.1, 0.15) is 11.6 Å². The Morgan fingerprint density at radius 2 is 2.08 bits per heavy atom. The molecule has 1 atom stereocenters. The molecule has 5 nitrogen and oxygen atoms in total. The van der Waals surface area contributed by atoms with Crippen LogP contribution < -0.4 is 10.1 Å². The quantitative estimate of drug-likeness (QED) is 0.822. The second kappa shape index (κ2) is 8.71. The van der Waals surface area contributed by atoms with Gasteiger partial charge < -0.3 is 15.0 Å². The number of piperidine rings is 1. The molecule has 26 heavy (non-hydrogen) atoms. The van der Waals surface area contributed by atoms with E-state index in [2.05, 4.69) is 5.32 Å². The van der Waals surface area contributed by atoms with Crippen LogP contribution in [0.15, 0.2) is 18.2 Å². The topological polar surface area (TPSA) is 58.6 Å². The van der Waals surface area contributed by atoms with E-state index in [0.717, 1.165) is 38.8 Å². The van der Waals surface area contributed by atoms with Crippen LogP contribution in [-0.4, -0.2) is 42.5 Å². The van der Waals surface area contributed by atoms with E-state index in [1.165, 1.54) is 18.2 Å². The number of rotatable bonds is 6. The van der Waals surface area contributed by atoms with Gasteiger partial charge in [0.25, 0.3) is 0 Å². The maximum atomic E-state index is 13.0. The van der Waals surface area contributed by atoms with Crippen LogP contribution in [0.2, 0.25) is 5.02 Å². The van der Waals surface area contributed by atoms with E-state index in [9.17, 15) is 14.0 Å². The number of amides is 2. The summed E-state index contributed by atoms with van der Waals surface area (Å²) in [5.41, 5.74) is 0. The second-order valence-corrected chi connectivity index (χ2v) is 7.46. The van der Waals surface area contributed by atoms with Crippen LogP contribution in [-0.2, 0) is 9.59 Å². The maximum Gasteiger partial charge on any atom is 0.222 e. The second-order valence-electron chi connectivity index (χ2n) is 7.05. The molecule has 0 aromatic heterocycles. The third kappa shape index (κ3) is 5.10. The van der Waals surface area contributed by atoms with E-state index in [0.29, 0.717) is 31.1 Å². The molecule has 0 bridgehead atoms. The monoisotopic (exact) mass is 382 g/mol. The van der Waals surface area contributed by atoms with Crippen molar-refractivity contribution in [3.8, 4) is 5.75 Å². The first-order valence-corrected chi connectivity index (χ1v) is 9.54. The summed E-state index contributed by atoms with van der Waals surface area (Å²) >= 11 is 5.97. The number of likely N-dealkylation sites (tertiary alicyclic amines) is 1. The highest BCUT2D eigenvalue weighted by molar-refractivity contribution is 6.32. The third-order valence-electron chi connectivity index (χ3n) is 5.13. The van der Waals surface area contributed by atoms with Crippen molar-refractivity contribution in [1.82, 2.24) is 10.2 Å². The van der Waals surface area contributed by atoms with Gasteiger partial charge in [0.05, 0.1) is 11.6 Å². The molecule has 2 aliphatic heterocycles. The maximum absolute atomic E-state index is 13.0. The van der Waals surface area contributed by atoms with Gasteiger partial charge >= 0.3 is 0 Å². The number of hydrogen-bond donors (Lipinski definition) is 1. The Hall–Kier alpha value is -1.82. The highest BCUT2D eigenvalue weighted by Gasteiger charge is 2.25. The van der Waals surface area contributed by atoms with Gasteiger partial charge in [0, 0.05) is 32.0 Å². The van der Waals surface area contributed by atoms with Crippen molar-refractivity contribution in [3.05, 3.63) is 29.0 Å². The van der Waals surface area contributed by atoms with Crippen LogP contribution in [0.5, 0.6) is 5.75 Å². The van der Waals surface area contributed by atoms with Crippen molar-refractivity contribution in [3.63, 3.8) is 0 Å². The van der Waals surface area contributed by atoms with Crippen LogP contribution in [0.25, 0.3) is 0 Å². The number of carbonyl (C=O) groups is 2. The van der Waals surface area contributed by atoms with Gasteiger partial charge in [-0.05, 0) is 49.8 Å². The normalized spacial score (nSPS) is 20.9. The largest absolute Gasteiger partial charge is 0.492 e. The van der Waals surface area contributed by atoms with E-state index in [4.69, 9.17) is 16.3 Å². The SMILES string of the molecule is O=C1CC[C@H](CCC(=O)N2CCC(COc3ccc(F)cc3Cl)CC2)N1. The van der Waals surface area contributed by atoms with Gasteiger partial charge in [-0.25, -0.2) is 4.39 Å². The van der Waals surface area contributed by atoms with Crippen LogP contribution in [0.3, 0.4) is 0 Å². The van der Waals surface area contributed by atoms with Gasteiger partial charge in [-0.2, -0.15) is 0 Å². The first-order chi connectivity index (χ1) is 12.5. The number of carbonyl (C=O) groups excluding carboxylic acids is 2. The highest BCUT2D eigenvalue weighted by Crippen LogP contribution is 2.27. The lowest BCUT2D eigenvalue weighted by Gasteiger charge is -2.32. The number of hydrogen-bond acceptors (Lipinski definition) is 3. The summed E-state index contributed by atoms with van der Waals surface area (Å²) in [5.74, 6) is 0.711. The molecule has 0 aliphatic carbocycles. The standard InChI is InChI=1S/C19H24ClFN2O3/c20-16-11-14(21)1-4-17(16)26-12-13-7-9-23(10-8-13)19(25)6-3-15-2-5-18(24)22-15/h1,4,11,13,15H,2-3,5-10,12H2,(H,22,24)/t15-/m1/s1. The Bertz CT molecular complexity index is 662. The third-order valence-corrected chi connectivity index (χ3v) is 5.42. The zero-order valence-corrected chi connectivity index (χ0v) is 15.4. The van der Waals surface area contributed by atoms with Crippen molar-refractivity contribution in [2.45, 2.75) is 44.6 Å². The minimum atomic E-state index is -0.383. The first-order valence-electron chi connectivity index (χ1n) is 9.16. The fraction of sp³-hybridized carbons (Fsp3) is 0.579. The predicted octanol–water partition coefficient (Wildman–Crippen LogP) is 3.16. The summed E-state index contributed by atoms with van der Waals surface area (Å²) in [4.78, 5) is 25.4. The Morgan fingerprint density at radius 1 is 1.31 bits per heavy atom. The molecule has 3 rings (SSSR count). The van der Waals surface area contributed by atoms with Gasteiger partial charge in [-0.15, -0.1) is 0 Å². The van der Waals surface area contributed by atoms with E-state index < -0.39 is 0 Å². The van der Waals surface area contributed by atoms with Crippen LogP contribution in [0.4, 0.5) is 4.39 Å². The smallest absolute Gasteiger partial charge is 0.222 e. The molecule has 2 amide bonds. The summed E-state index contributed by atoms with van der Waals surface area (Å²) in [6.45, 7) is 1.96. The fourth-order valence-corrected chi connectivity index (χ4v) is 3.72. The van der Waals surface area contributed by atoms with Gasteiger partial charge in [-0.1, -0.05) is 11.6 Å². The van der Waals surface area contributed by atoms with Crippen LogP contribution in [0.1, 0.15) is 38.5 Å². The summed E-state index contributed by atoms with van der Waals surface area (Å²) in [7, 11) is 0. The Kier molecular flexibility index (Phi) is 6.35. The number of halogens is 2. The first kappa shape index (κ1) is 19.0. The number of nitrogens with zero attached hydrogens (tertiary/aromatic N) is 1. The minimum Gasteiger partial charge on any atom is -0.492 e. The molecule has 1 aromatic carbocycles. The molecule has 0 radical (unpaired) electrons. The van der Waals surface area contributed by atoms with Crippen molar-refractivity contribution in [2.75, 3.05) is 19.7 Å². The molecule has 2 heterocycles. The fourth-order valence-electron chi connectivity index (χ4n) is 3.50. The van der Waals surface area contributed by atoms with Gasteiger partial charge in [0.2, 0.25) is 11.8 Å². The zero-order valence-electron chi connectivity index (χ0n) is 14.7. The average molecular weight is 383 g/mol. The molecule has 7 heteroatoms. The lowest BCUT2D eigenvalue weighted by atomic mass is 9.97. The summed E-state index contributed by atoms with van der Waals surface area (Å²) in [6, 6.07) is 4.26. The molecule has 1 N–H and O–H groups in total. The number of benzene rings is 1. The molecule has 2 saturated heterocycles. The molecule has 2 fully saturated rings. The molecular formula is C19H24ClFN2O3. The lowest BCUT2D eigenvalue weighted by molar-refractivity contribution is -0.133. The average Bonchev–Trinajstić information content (AvgIpc) is 3.05. The molecule has 1 aromatic rings. The molecule has 2 aliphatic rings. The summed E-state index contributed by atoms with van der Waals surface area (Å²) < 4.78 is 18.8. The molecule has 142 valence electrons. The molecule has 0 unspecified atom stereocenters. The van der Waals surface area contributed by atoms with Crippen molar-refractivity contribution in [2.24, 2.45) is 5.92 Å². The van der Waals surface area contributed by atoms with Crippen molar-refractivity contribution < 1.29 is 18.7 Å². The van der Waals surface area contributed by atoms with Crippen molar-refractivity contribution in [1.29, 1.82) is 0 Å². The molecule has 0 saturated carbocycles. The highest BCUT2D eigenvalue weighted by atomic mass is 35.5. The van der Waals surface area contributed by atoms with E-state index in [-0.39, 0.29) is 28.7 Å². The Balaban J connectivity index is 1.37. The van der Waals surface area contributed by atoms with Gasteiger partial charge in [0.15, 0.2) is 0 Å². The lowest BCUT2D eigenvalue weighted by Crippen LogP contribution is -2.40. The zero-order chi connectivity index (χ0) is 18.5. The summed E-state index contributed by atoms with van der Waals surface area (Å²) in [6.07, 6.45) is 4.36. The molecular weight excluding hydrogens is 359 g/mol. The molecule has 0 spiro atoms. The van der Waals surface area contributed by atoms with Gasteiger partial charge in [-0.3, -0.25) is 9.59 Å². The predicted molar refractivity (Wildman–Crippen MR) is 96.6 cm³/mol. The minimum absolute atomic E-state index is 0.0875. The van der Waals surface area contributed by atoms with E-state index in [1.807, 2.05) is 4.90 Å². The van der Waals surface area contributed by atoms with E-state index >= 15 is 0 Å². The van der Waals surface area contributed by atoms with Crippen LogP contribution in [0, 0.1) is 11.7 Å².